The Labute approximate surface area is 142 Å². The highest BCUT2D eigenvalue weighted by atomic mass is 16.5. The molecule has 1 spiro atoms. The Bertz CT molecular complexity index is 568. The summed E-state index contributed by atoms with van der Waals surface area (Å²) in [6.45, 7) is 3.10. The van der Waals surface area contributed by atoms with Gasteiger partial charge in [-0.1, -0.05) is 0 Å². The Morgan fingerprint density at radius 1 is 1.38 bits per heavy atom. The quantitative estimate of drug-likeness (QED) is 0.858. The van der Waals surface area contributed by atoms with Gasteiger partial charge in [-0.2, -0.15) is 0 Å². The van der Waals surface area contributed by atoms with Gasteiger partial charge in [-0.3, -0.25) is 9.78 Å². The zero-order valence-electron chi connectivity index (χ0n) is 14.1. The number of carbonyl (C=O) groups excluding carboxylic acids is 1. The van der Waals surface area contributed by atoms with Crippen LogP contribution in [0.25, 0.3) is 0 Å². The Kier molecular flexibility index (Phi) is 4.90. The van der Waals surface area contributed by atoms with E-state index in [2.05, 4.69) is 4.98 Å². The van der Waals surface area contributed by atoms with E-state index in [-0.39, 0.29) is 12.5 Å². The van der Waals surface area contributed by atoms with Gasteiger partial charge in [-0.15, -0.1) is 0 Å². The first-order valence-corrected chi connectivity index (χ1v) is 8.61. The molecule has 0 aromatic carbocycles. The molecule has 0 bridgehead atoms. The molecule has 2 atom stereocenters. The van der Waals surface area contributed by atoms with Crippen LogP contribution in [0.3, 0.4) is 0 Å². The summed E-state index contributed by atoms with van der Waals surface area (Å²) in [7, 11) is 0. The van der Waals surface area contributed by atoms with Crippen molar-refractivity contribution in [2.24, 2.45) is 0 Å². The molecule has 24 heavy (non-hydrogen) atoms. The van der Waals surface area contributed by atoms with Gasteiger partial charge < -0.3 is 19.8 Å². The monoisotopic (exact) mass is 334 g/mol. The number of aliphatic hydroxyl groups is 2. The SMILES string of the molecule is C[C@]1(O)CC2(CCN(C(=O)CCc3ccncc3)CC2)OC[C@@H]1O. The van der Waals surface area contributed by atoms with Crippen LogP contribution in [-0.4, -0.2) is 63.0 Å². The first kappa shape index (κ1) is 17.3. The molecule has 3 heterocycles. The highest BCUT2D eigenvalue weighted by Gasteiger charge is 2.48. The lowest BCUT2D eigenvalue weighted by atomic mass is 9.76. The van der Waals surface area contributed by atoms with Crippen molar-refractivity contribution < 1.29 is 19.7 Å². The predicted octanol–water partition coefficient (Wildman–Crippen LogP) is 0.908. The summed E-state index contributed by atoms with van der Waals surface area (Å²) < 4.78 is 5.86. The lowest BCUT2D eigenvalue weighted by Crippen LogP contribution is -2.59. The van der Waals surface area contributed by atoms with Crippen molar-refractivity contribution in [1.82, 2.24) is 9.88 Å². The first-order valence-electron chi connectivity index (χ1n) is 8.61. The molecular weight excluding hydrogens is 308 g/mol. The fourth-order valence-corrected chi connectivity index (χ4v) is 3.70. The van der Waals surface area contributed by atoms with Crippen molar-refractivity contribution in [1.29, 1.82) is 0 Å². The minimum Gasteiger partial charge on any atom is -0.388 e. The number of aromatic nitrogens is 1. The number of hydrogen-bond donors (Lipinski definition) is 2. The molecule has 0 radical (unpaired) electrons. The van der Waals surface area contributed by atoms with Gasteiger partial charge in [-0.25, -0.2) is 0 Å². The standard InChI is InChI=1S/C18H26N2O4/c1-17(23)13-18(24-12-15(17)21)6-10-20(11-7-18)16(22)3-2-14-4-8-19-9-5-14/h4-5,8-9,15,21,23H,2-3,6-7,10-13H2,1H3/t15-,17-/m0/s1. The maximum Gasteiger partial charge on any atom is 0.222 e. The number of pyridine rings is 1. The van der Waals surface area contributed by atoms with Crippen LogP contribution < -0.4 is 0 Å². The van der Waals surface area contributed by atoms with Gasteiger partial charge in [0.1, 0.15) is 6.10 Å². The largest absolute Gasteiger partial charge is 0.388 e. The number of likely N-dealkylation sites (tertiary alicyclic amines) is 1. The fraction of sp³-hybridized carbons (Fsp3) is 0.667. The summed E-state index contributed by atoms with van der Waals surface area (Å²) in [4.78, 5) is 18.3. The highest BCUT2D eigenvalue weighted by Crippen LogP contribution is 2.39. The molecule has 1 aromatic rings. The van der Waals surface area contributed by atoms with Crippen LogP contribution in [0.4, 0.5) is 0 Å². The minimum absolute atomic E-state index is 0.156. The molecule has 0 unspecified atom stereocenters. The van der Waals surface area contributed by atoms with Crippen molar-refractivity contribution in [3.63, 3.8) is 0 Å². The molecular formula is C18H26N2O4. The smallest absolute Gasteiger partial charge is 0.222 e. The number of nitrogens with zero attached hydrogens (tertiary/aromatic N) is 2. The number of ether oxygens (including phenoxy) is 1. The summed E-state index contributed by atoms with van der Waals surface area (Å²) in [6.07, 6.45) is 5.68. The summed E-state index contributed by atoms with van der Waals surface area (Å²) >= 11 is 0. The molecule has 2 saturated heterocycles. The lowest BCUT2D eigenvalue weighted by Gasteiger charge is -2.49. The molecule has 132 valence electrons. The molecule has 6 heteroatoms. The number of carbonyl (C=O) groups is 1. The van der Waals surface area contributed by atoms with Crippen LogP contribution >= 0.6 is 0 Å². The van der Waals surface area contributed by atoms with Crippen molar-refractivity contribution in [3.05, 3.63) is 30.1 Å². The van der Waals surface area contributed by atoms with Crippen LogP contribution in [0.2, 0.25) is 0 Å². The molecule has 1 aromatic heterocycles. The van der Waals surface area contributed by atoms with E-state index in [0.717, 1.165) is 12.0 Å². The van der Waals surface area contributed by atoms with Gasteiger partial charge in [0.25, 0.3) is 0 Å². The lowest BCUT2D eigenvalue weighted by molar-refractivity contribution is -0.222. The summed E-state index contributed by atoms with van der Waals surface area (Å²) in [5.74, 6) is 0.157. The van der Waals surface area contributed by atoms with E-state index in [0.29, 0.717) is 38.8 Å². The van der Waals surface area contributed by atoms with E-state index in [1.165, 1.54) is 0 Å². The second-order valence-corrected chi connectivity index (χ2v) is 7.28. The third kappa shape index (κ3) is 3.77. The van der Waals surface area contributed by atoms with Crippen LogP contribution in [0, 0.1) is 0 Å². The molecule has 1 amide bonds. The molecule has 0 aliphatic carbocycles. The van der Waals surface area contributed by atoms with Gasteiger partial charge >= 0.3 is 0 Å². The molecule has 0 saturated carbocycles. The van der Waals surface area contributed by atoms with E-state index in [1.807, 2.05) is 17.0 Å². The van der Waals surface area contributed by atoms with Crippen molar-refractivity contribution in [2.75, 3.05) is 19.7 Å². The predicted molar refractivity (Wildman–Crippen MR) is 88.3 cm³/mol. The molecule has 2 N–H and O–H groups in total. The van der Waals surface area contributed by atoms with Gasteiger partial charge in [0.05, 0.1) is 17.8 Å². The summed E-state index contributed by atoms with van der Waals surface area (Å²) in [6, 6.07) is 3.86. The normalized spacial score (nSPS) is 29.6. The average molecular weight is 334 g/mol. The van der Waals surface area contributed by atoms with Crippen molar-refractivity contribution in [2.45, 2.75) is 56.3 Å². The van der Waals surface area contributed by atoms with Gasteiger partial charge in [-0.05, 0) is 43.9 Å². The second-order valence-electron chi connectivity index (χ2n) is 7.28. The van der Waals surface area contributed by atoms with Crippen molar-refractivity contribution >= 4 is 5.91 Å². The topological polar surface area (TPSA) is 82.9 Å². The fourth-order valence-electron chi connectivity index (χ4n) is 3.70. The van der Waals surface area contributed by atoms with Gasteiger partial charge in [0, 0.05) is 38.3 Å². The Morgan fingerprint density at radius 3 is 2.67 bits per heavy atom. The van der Waals surface area contributed by atoms with E-state index >= 15 is 0 Å². The Hall–Kier alpha value is -1.50. The maximum atomic E-state index is 12.4. The average Bonchev–Trinajstić information content (AvgIpc) is 2.58. The number of amides is 1. The summed E-state index contributed by atoms with van der Waals surface area (Å²) in [5.41, 5.74) is -0.413. The number of hydrogen-bond acceptors (Lipinski definition) is 5. The van der Waals surface area contributed by atoms with Gasteiger partial charge in [0.15, 0.2) is 0 Å². The van der Waals surface area contributed by atoms with Crippen molar-refractivity contribution in [3.8, 4) is 0 Å². The molecule has 2 aliphatic rings. The third-order valence-electron chi connectivity index (χ3n) is 5.35. The van der Waals surface area contributed by atoms with Crippen LogP contribution in [0.5, 0.6) is 0 Å². The molecule has 2 aliphatic heterocycles. The zero-order chi connectivity index (χ0) is 17.2. The highest BCUT2D eigenvalue weighted by molar-refractivity contribution is 5.76. The van der Waals surface area contributed by atoms with E-state index in [4.69, 9.17) is 4.74 Å². The third-order valence-corrected chi connectivity index (χ3v) is 5.35. The number of aliphatic hydroxyl groups excluding tert-OH is 1. The minimum atomic E-state index is -1.12. The number of aryl methyl sites for hydroxylation is 1. The Morgan fingerprint density at radius 2 is 2.04 bits per heavy atom. The van der Waals surface area contributed by atoms with E-state index in [9.17, 15) is 15.0 Å². The van der Waals surface area contributed by atoms with Crippen LogP contribution in [-0.2, 0) is 16.0 Å². The Balaban J connectivity index is 1.50. The molecule has 2 fully saturated rings. The van der Waals surface area contributed by atoms with E-state index in [1.54, 1.807) is 19.3 Å². The molecule has 3 rings (SSSR count). The zero-order valence-corrected chi connectivity index (χ0v) is 14.1. The van der Waals surface area contributed by atoms with Crippen LogP contribution in [0.1, 0.15) is 38.2 Å². The summed E-state index contributed by atoms with van der Waals surface area (Å²) in [5, 5.41) is 20.2. The second kappa shape index (κ2) is 6.78. The first-order chi connectivity index (χ1) is 11.4. The molecule has 6 nitrogen and oxygen atoms in total. The number of rotatable bonds is 3. The van der Waals surface area contributed by atoms with E-state index < -0.39 is 17.3 Å². The number of piperidine rings is 1. The van der Waals surface area contributed by atoms with Crippen LogP contribution in [0.15, 0.2) is 24.5 Å². The van der Waals surface area contributed by atoms with Gasteiger partial charge in [0.2, 0.25) is 5.91 Å². The maximum absolute atomic E-state index is 12.4.